The summed E-state index contributed by atoms with van der Waals surface area (Å²) >= 11 is 1.57. The summed E-state index contributed by atoms with van der Waals surface area (Å²) in [7, 11) is 1.65. The van der Waals surface area contributed by atoms with E-state index in [1.54, 1.807) is 18.4 Å². The number of aromatic nitrogens is 2. The van der Waals surface area contributed by atoms with Crippen LogP contribution in [-0.4, -0.2) is 47.9 Å². The molecular formula is C21H24N4O3S. The maximum atomic E-state index is 12.6. The van der Waals surface area contributed by atoms with Gasteiger partial charge in [-0.25, -0.2) is 4.79 Å². The van der Waals surface area contributed by atoms with Gasteiger partial charge in [0.15, 0.2) is 0 Å². The highest BCUT2D eigenvalue weighted by atomic mass is 32.1. The van der Waals surface area contributed by atoms with Crippen molar-refractivity contribution in [2.24, 2.45) is 0 Å². The third-order valence-electron chi connectivity index (χ3n) is 5.08. The average molecular weight is 413 g/mol. The van der Waals surface area contributed by atoms with E-state index >= 15 is 0 Å². The number of piperidine rings is 1. The summed E-state index contributed by atoms with van der Waals surface area (Å²) in [4.78, 5) is 15.4. The van der Waals surface area contributed by atoms with Crippen LogP contribution in [0.4, 0.5) is 4.79 Å². The van der Waals surface area contributed by atoms with Gasteiger partial charge in [-0.1, -0.05) is 18.2 Å². The van der Waals surface area contributed by atoms with E-state index in [1.807, 2.05) is 46.7 Å². The van der Waals surface area contributed by atoms with Crippen molar-refractivity contribution in [1.82, 2.24) is 20.4 Å². The van der Waals surface area contributed by atoms with E-state index in [0.717, 1.165) is 42.0 Å². The first-order valence-corrected chi connectivity index (χ1v) is 10.6. The Kier molecular flexibility index (Phi) is 6.09. The molecule has 1 aliphatic rings. The number of methoxy groups -OCH3 is 1. The molecule has 3 heterocycles. The fourth-order valence-electron chi connectivity index (χ4n) is 3.48. The third-order valence-corrected chi connectivity index (χ3v) is 5.94. The Morgan fingerprint density at radius 1 is 1.31 bits per heavy atom. The van der Waals surface area contributed by atoms with Gasteiger partial charge in [0.2, 0.25) is 5.89 Å². The predicted octanol–water partition coefficient (Wildman–Crippen LogP) is 3.94. The molecule has 0 bridgehead atoms. The molecule has 1 atom stereocenters. The monoisotopic (exact) mass is 412 g/mol. The molecule has 1 N–H and O–H groups in total. The number of benzene rings is 1. The zero-order valence-corrected chi connectivity index (χ0v) is 17.2. The Hall–Kier alpha value is -2.87. The van der Waals surface area contributed by atoms with Crippen LogP contribution in [0, 0.1) is 0 Å². The Balaban J connectivity index is 1.29. The smallest absolute Gasteiger partial charge is 0.317 e. The molecule has 1 fully saturated rings. The minimum Gasteiger partial charge on any atom is -0.497 e. The highest BCUT2D eigenvalue weighted by molar-refractivity contribution is 7.13. The quantitative estimate of drug-likeness (QED) is 0.663. The lowest BCUT2D eigenvalue weighted by Gasteiger charge is -2.31. The van der Waals surface area contributed by atoms with Crippen LogP contribution < -0.4 is 10.1 Å². The number of amides is 2. The summed E-state index contributed by atoms with van der Waals surface area (Å²) in [6.07, 6.45) is 2.65. The molecule has 1 aliphatic heterocycles. The average Bonchev–Trinajstić information content (AvgIpc) is 3.46. The Bertz CT molecular complexity index is 924. The Morgan fingerprint density at radius 3 is 2.93 bits per heavy atom. The van der Waals surface area contributed by atoms with Crippen LogP contribution >= 0.6 is 11.3 Å². The summed E-state index contributed by atoms with van der Waals surface area (Å²) in [6.45, 7) is 1.94. The molecule has 1 aromatic carbocycles. The number of carbonyl (C=O) groups is 1. The van der Waals surface area contributed by atoms with Crippen molar-refractivity contribution in [3.05, 3.63) is 53.2 Å². The van der Waals surface area contributed by atoms with Crippen molar-refractivity contribution in [3.8, 4) is 16.5 Å². The van der Waals surface area contributed by atoms with Crippen molar-refractivity contribution in [3.63, 3.8) is 0 Å². The number of thiophene rings is 1. The molecule has 152 valence electrons. The van der Waals surface area contributed by atoms with E-state index < -0.39 is 0 Å². The molecule has 1 unspecified atom stereocenters. The fourth-order valence-corrected chi connectivity index (χ4v) is 4.12. The zero-order chi connectivity index (χ0) is 20.1. The summed E-state index contributed by atoms with van der Waals surface area (Å²) in [6, 6.07) is 11.8. The van der Waals surface area contributed by atoms with Gasteiger partial charge in [0.25, 0.3) is 5.89 Å². The number of likely N-dealkylation sites (tertiary alicyclic amines) is 1. The second kappa shape index (κ2) is 9.09. The van der Waals surface area contributed by atoms with Crippen LogP contribution in [0.15, 0.2) is 46.2 Å². The van der Waals surface area contributed by atoms with Crippen LogP contribution in [-0.2, 0) is 6.42 Å². The molecule has 2 amide bonds. The number of hydrogen-bond donors (Lipinski definition) is 1. The van der Waals surface area contributed by atoms with Gasteiger partial charge < -0.3 is 19.4 Å². The van der Waals surface area contributed by atoms with E-state index in [4.69, 9.17) is 9.15 Å². The van der Waals surface area contributed by atoms with E-state index in [9.17, 15) is 4.79 Å². The maximum absolute atomic E-state index is 12.6. The van der Waals surface area contributed by atoms with Crippen molar-refractivity contribution in [1.29, 1.82) is 0 Å². The van der Waals surface area contributed by atoms with Crippen LogP contribution in [0.3, 0.4) is 0 Å². The lowest BCUT2D eigenvalue weighted by atomic mass is 9.98. The first-order valence-electron chi connectivity index (χ1n) is 9.76. The van der Waals surface area contributed by atoms with E-state index in [0.29, 0.717) is 24.9 Å². The largest absolute Gasteiger partial charge is 0.497 e. The summed E-state index contributed by atoms with van der Waals surface area (Å²) < 4.78 is 11.0. The number of urea groups is 1. The summed E-state index contributed by atoms with van der Waals surface area (Å²) in [5.74, 6) is 2.08. The van der Waals surface area contributed by atoms with Crippen LogP contribution in [0.1, 0.15) is 30.2 Å². The second-order valence-electron chi connectivity index (χ2n) is 7.04. The zero-order valence-electron chi connectivity index (χ0n) is 16.3. The van der Waals surface area contributed by atoms with E-state index in [2.05, 4.69) is 15.5 Å². The first-order chi connectivity index (χ1) is 14.2. The Morgan fingerprint density at radius 2 is 2.17 bits per heavy atom. The number of ether oxygens (including phenoxy) is 1. The molecule has 29 heavy (non-hydrogen) atoms. The molecule has 1 saturated heterocycles. The van der Waals surface area contributed by atoms with Crippen molar-refractivity contribution in [2.45, 2.75) is 25.2 Å². The van der Waals surface area contributed by atoms with Crippen molar-refractivity contribution >= 4 is 17.4 Å². The lowest BCUT2D eigenvalue weighted by molar-refractivity contribution is 0.174. The standard InChI is InChI=1S/C21H24N4O3S/c1-27-17-8-6-15(7-9-17)10-11-22-21(26)25-12-2-4-16(14-25)19-23-24-20(28-19)18-5-3-13-29-18/h3,5-9,13,16H,2,4,10-12,14H2,1H3,(H,22,26). The van der Waals surface area contributed by atoms with Gasteiger partial charge in [0.1, 0.15) is 5.75 Å². The van der Waals surface area contributed by atoms with Gasteiger partial charge in [-0.2, -0.15) is 0 Å². The molecule has 0 spiro atoms. The third kappa shape index (κ3) is 4.76. The maximum Gasteiger partial charge on any atom is 0.317 e. The predicted molar refractivity (Wildman–Crippen MR) is 111 cm³/mol. The minimum atomic E-state index is -0.0405. The highest BCUT2D eigenvalue weighted by Crippen LogP contribution is 2.29. The number of nitrogens with one attached hydrogen (secondary N) is 1. The normalized spacial score (nSPS) is 16.6. The second-order valence-corrected chi connectivity index (χ2v) is 7.99. The number of carbonyl (C=O) groups excluding carboxylic acids is 1. The topological polar surface area (TPSA) is 80.5 Å². The molecule has 0 aliphatic carbocycles. The van der Waals surface area contributed by atoms with E-state index in [1.165, 1.54) is 0 Å². The van der Waals surface area contributed by atoms with Gasteiger partial charge >= 0.3 is 6.03 Å². The fraction of sp³-hybridized carbons (Fsp3) is 0.381. The summed E-state index contributed by atoms with van der Waals surface area (Å²) in [5, 5.41) is 13.4. The number of hydrogen-bond acceptors (Lipinski definition) is 6. The lowest BCUT2D eigenvalue weighted by Crippen LogP contribution is -2.45. The van der Waals surface area contributed by atoms with Crippen LogP contribution in [0.25, 0.3) is 10.8 Å². The molecule has 2 aromatic heterocycles. The highest BCUT2D eigenvalue weighted by Gasteiger charge is 2.28. The van der Waals surface area contributed by atoms with Gasteiger partial charge in [-0.15, -0.1) is 21.5 Å². The molecule has 4 rings (SSSR count). The van der Waals surface area contributed by atoms with Gasteiger partial charge in [0.05, 0.1) is 17.9 Å². The van der Waals surface area contributed by atoms with Crippen molar-refractivity contribution < 1.29 is 13.9 Å². The van der Waals surface area contributed by atoms with Crippen LogP contribution in [0.5, 0.6) is 5.75 Å². The molecule has 7 nitrogen and oxygen atoms in total. The first kappa shape index (κ1) is 19.4. The van der Waals surface area contributed by atoms with E-state index in [-0.39, 0.29) is 11.9 Å². The SMILES string of the molecule is COc1ccc(CCNC(=O)N2CCCC(c3nnc(-c4cccs4)o3)C2)cc1. The van der Waals surface area contributed by atoms with Crippen LogP contribution in [0.2, 0.25) is 0 Å². The molecule has 8 heteroatoms. The number of rotatable bonds is 6. The Labute approximate surface area is 173 Å². The molecule has 3 aromatic rings. The van der Waals surface area contributed by atoms with Crippen molar-refractivity contribution in [2.75, 3.05) is 26.7 Å². The van der Waals surface area contributed by atoms with Gasteiger partial charge in [-0.3, -0.25) is 0 Å². The van der Waals surface area contributed by atoms with Gasteiger partial charge in [0, 0.05) is 19.6 Å². The minimum absolute atomic E-state index is 0.0405. The van der Waals surface area contributed by atoms with Gasteiger partial charge in [-0.05, 0) is 48.4 Å². The number of nitrogens with zero attached hydrogens (tertiary/aromatic N) is 3. The molecule has 0 saturated carbocycles. The molecular weight excluding hydrogens is 388 g/mol. The molecule has 0 radical (unpaired) electrons. The summed E-state index contributed by atoms with van der Waals surface area (Å²) in [5.41, 5.74) is 1.16.